The molecule has 4 N–H and O–H groups in total. The summed E-state index contributed by atoms with van der Waals surface area (Å²) in [5, 5.41) is 14.9. The molecule has 10 nitrogen and oxygen atoms in total. The van der Waals surface area contributed by atoms with Gasteiger partial charge in [0, 0.05) is 63.8 Å². The number of carbonyl (C=O) groups is 1. The number of amides is 1. The van der Waals surface area contributed by atoms with E-state index in [1.807, 2.05) is 37.5 Å². The lowest BCUT2D eigenvalue weighted by Gasteiger charge is -2.34. The van der Waals surface area contributed by atoms with Crippen molar-refractivity contribution in [2.45, 2.75) is 12.8 Å². The van der Waals surface area contributed by atoms with Gasteiger partial charge in [0.2, 0.25) is 11.9 Å². The highest BCUT2D eigenvalue weighted by atomic mass is 35.5. The van der Waals surface area contributed by atoms with Crippen LogP contribution in [-0.4, -0.2) is 81.8 Å². The SMILES string of the molecule is CN1C=C(c2ccc3nc(N4CCN(C(=O)CN)CC4)nc(NCc4cncc(Cl)c4)c3c2)C=CC1O. The summed E-state index contributed by atoms with van der Waals surface area (Å²) in [5.41, 5.74) is 9.22. The first-order valence-electron chi connectivity index (χ1n) is 12.1. The largest absolute Gasteiger partial charge is 0.370 e. The van der Waals surface area contributed by atoms with Gasteiger partial charge in [-0.05, 0) is 41.0 Å². The van der Waals surface area contributed by atoms with Crippen LogP contribution in [0.15, 0.2) is 55.0 Å². The van der Waals surface area contributed by atoms with E-state index in [0.29, 0.717) is 49.5 Å². The number of hydrogen-bond acceptors (Lipinski definition) is 9. The number of aliphatic hydroxyl groups excluding tert-OH is 1. The summed E-state index contributed by atoms with van der Waals surface area (Å²) < 4.78 is 0. The third-order valence-corrected chi connectivity index (χ3v) is 6.74. The predicted molar refractivity (Wildman–Crippen MR) is 145 cm³/mol. The van der Waals surface area contributed by atoms with Crippen molar-refractivity contribution in [3.8, 4) is 0 Å². The van der Waals surface area contributed by atoms with E-state index in [1.54, 1.807) is 28.3 Å². The lowest BCUT2D eigenvalue weighted by atomic mass is 10.0. The highest BCUT2D eigenvalue weighted by Gasteiger charge is 2.23. The smallest absolute Gasteiger partial charge is 0.236 e. The molecular formula is C26H29ClN8O2. The van der Waals surface area contributed by atoms with E-state index < -0.39 is 6.23 Å². The number of hydrogen-bond donors (Lipinski definition) is 3. The Morgan fingerprint density at radius 3 is 2.73 bits per heavy atom. The first-order valence-corrected chi connectivity index (χ1v) is 12.5. The van der Waals surface area contributed by atoms with Crippen molar-refractivity contribution in [1.82, 2.24) is 24.8 Å². The van der Waals surface area contributed by atoms with Crippen LogP contribution < -0.4 is 16.0 Å². The van der Waals surface area contributed by atoms with Crippen LogP contribution in [0.3, 0.4) is 0 Å². The molecular weight excluding hydrogens is 492 g/mol. The van der Waals surface area contributed by atoms with Crippen molar-refractivity contribution in [3.05, 3.63) is 71.2 Å². The molecule has 1 saturated heterocycles. The van der Waals surface area contributed by atoms with E-state index in [4.69, 9.17) is 27.3 Å². The predicted octanol–water partition coefficient (Wildman–Crippen LogP) is 2.06. The Hall–Kier alpha value is -3.73. The number of allylic oxidation sites excluding steroid dienone is 2. The first kappa shape index (κ1) is 24.9. The van der Waals surface area contributed by atoms with Crippen LogP contribution in [0.2, 0.25) is 5.02 Å². The molecule has 0 radical (unpaired) electrons. The van der Waals surface area contributed by atoms with Gasteiger partial charge in [-0.25, -0.2) is 4.98 Å². The summed E-state index contributed by atoms with van der Waals surface area (Å²) in [5.74, 6) is 1.25. The van der Waals surface area contributed by atoms with Crippen molar-refractivity contribution in [2.24, 2.45) is 5.73 Å². The third-order valence-electron chi connectivity index (χ3n) is 6.54. The zero-order valence-corrected chi connectivity index (χ0v) is 21.3. The standard InChI is InChI=1S/C26H29ClN8O2/c1-33-16-19(3-5-23(33)36)18-2-4-22-21(11-18)25(30-14-17-10-20(27)15-29-13-17)32-26(31-22)35-8-6-34(7-9-35)24(37)12-28/h2-5,10-11,13,15-16,23,36H,6-9,12,14,28H2,1H3,(H,30,31,32). The van der Waals surface area contributed by atoms with Crippen molar-refractivity contribution in [2.75, 3.05) is 50.0 Å². The third kappa shape index (κ3) is 5.51. The number of nitrogens with zero attached hydrogens (tertiary/aromatic N) is 6. The minimum atomic E-state index is -0.640. The molecule has 1 amide bonds. The average Bonchev–Trinajstić information content (AvgIpc) is 2.92. The number of pyridine rings is 1. The maximum atomic E-state index is 12.0. The number of aromatic nitrogens is 3. The maximum absolute atomic E-state index is 12.0. The molecule has 0 saturated carbocycles. The molecule has 5 rings (SSSR count). The topological polar surface area (TPSA) is 124 Å². The number of nitrogens with one attached hydrogen (secondary N) is 1. The molecule has 1 aromatic carbocycles. The maximum Gasteiger partial charge on any atom is 0.236 e. The van der Waals surface area contributed by atoms with Gasteiger partial charge in [0.25, 0.3) is 0 Å². The number of anilines is 2. The van der Waals surface area contributed by atoms with E-state index >= 15 is 0 Å². The molecule has 192 valence electrons. The molecule has 2 aliphatic rings. The summed E-state index contributed by atoms with van der Waals surface area (Å²) in [7, 11) is 1.83. The lowest BCUT2D eigenvalue weighted by molar-refractivity contribution is -0.129. The molecule has 4 heterocycles. The fourth-order valence-electron chi connectivity index (χ4n) is 4.43. The molecule has 1 fully saturated rings. The first-order chi connectivity index (χ1) is 17.9. The lowest BCUT2D eigenvalue weighted by Crippen LogP contribution is -2.50. The van der Waals surface area contributed by atoms with Gasteiger partial charge >= 0.3 is 0 Å². The van der Waals surface area contributed by atoms with Crippen molar-refractivity contribution in [3.63, 3.8) is 0 Å². The van der Waals surface area contributed by atoms with E-state index in [0.717, 1.165) is 27.6 Å². The Morgan fingerprint density at radius 1 is 1.19 bits per heavy atom. The molecule has 11 heteroatoms. The van der Waals surface area contributed by atoms with Gasteiger partial charge in [0.05, 0.1) is 17.1 Å². The van der Waals surface area contributed by atoms with Crippen molar-refractivity contribution in [1.29, 1.82) is 0 Å². The highest BCUT2D eigenvalue weighted by molar-refractivity contribution is 6.30. The van der Waals surface area contributed by atoms with E-state index in [1.165, 1.54) is 0 Å². The Kier molecular flexibility index (Phi) is 7.22. The highest BCUT2D eigenvalue weighted by Crippen LogP contribution is 2.30. The Bertz CT molecular complexity index is 1370. The molecule has 1 atom stereocenters. The molecule has 2 aliphatic heterocycles. The number of likely N-dealkylation sites (N-methyl/N-ethyl adjacent to an activating group) is 1. The number of aliphatic hydroxyl groups is 1. The molecule has 0 aliphatic carbocycles. The Labute approximate surface area is 220 Å². The van der Waals surface area contributed by atoms with Crippen LogP contribution in [0.5, 0.6) is 0 Å². The van der Waals surface area contributed by atoms with Crippen LogP contribution in [0.1, 0.15) is 11.1 Å². The molecule has 2 aromatic heterocycles. The van der Waals surface area contributed by atoms with Crippen LogP contribution in [0.4, 0.5) is 11.8 Å². The van der Waals surface area contributed by atoms with E-state index in [2.05, 4.69) is 21.3 Å². The van der Waals surface area contributed by atoms with Gasteiger partial charge in [-0.15, -0.1) is 0 Å². The van der Waals surface area contributed by atoms with Gasteiger partial charge < -0.3 is 30.9 Å². The van der Waals surface area contributed by atoms with Gasteiger partial charge in [0.15, 0.2) is 0 Å². The van der Waals surface area contributed by atoms with Gasteiger partial charge in [-0.1, -0.05) is 23.7 Å². The minimum absolute atomic E-state index is 0.0155. The zero-order valence-electron chi connectivity index (χ0n) is 20.5. The van der Waals surface area contributed by atoms with Crippen molar-refractivity contribution >= 4 is 45.8 Å². The molecule has 0 spiro atoms. The quantitative estimate of drug-likeness (QED) is 0.448. The second-order valence-electron chi connectivity index (χ2n) is 9.06. The number of halogens is 1. The average molecular weight is 521 g/mol. The number of piperazine rings is 1. The number of nitrogens with two attached hydrogens (primary N) is 1. The number of benzene rings is 1. The van der Waals surface area contributed by atoms with Crippen LogP contribution in [-0.2, 0) is 11.3 Å². The molecule has 1 unspecified atom stereocenters. The van der Waals surface area contributed by atoms with Crippen LogP contribution in [0, 0.1) is 0 Å². The van der Waals surface area contributed by atoms with E-state index in [9.17, 15) is 9.90 Å². The fourth-order valence-corrected chi connectivity index (χ4v) is 4.63. The molecule has 0 bridgehead atoms. The van der Waals surface area contributed by atoms with Crippen molar-refractivity contribution < 1.29 is 9.90 Å². The second kappa shape index (κ2) is 10.7. The van der Waals surface area contributed by atoms with Crippen LogP contribution in [0.25, 0.3) is 16.5 Å². The summed E-state index contributed by atoms with van der Waals surface area (Å²) in [6.45, 7) is 2.90. The summed E-state index contributed by atoms with van der Waals surface area (Å²) in [6, 6.07) is 7.92. The number of carbonyl (C=O) groups excluding carboxylic acids is 1. The zero-order chi connectivity index (χ0) is 25.9. The van der Waals surface area contributed by atoms with Crippen LogP contribution >= 0.6 is 11.6 Å². The van der Waals surface area contributed by atoms with Gasteiger partial charge in [-0.3, -0.25) is 9.78 Å². The number of rotatable bonds is 6. The minimum Gasteiger partial charge on any atom is -0.370 e. The Morgan fingerprint density at radius 2 is 2.00 bits per heavy atom. The normalized spacial score (nSPS) is 17.8. The monoisotopic (exact) mass is 520 g/mol. The van der Waals surface area contributed by atoms with Gasteiger partial charge in [-0.2, -0.15) is 4.98 Å². The van der Waals surface area contributed by atoms with Gasteiger partial charge in [0.1, 0.15) is 12.0 Å². The summed E-state index contributed by atoms with van der Waals surface area (Å²) >= 11 is 6.13. The summed E-state index contributed by atoms with van der Waals surface area (Å²) in [6.07, 6.45) is 8.30. The number of fused-ring (bicyclic) bond motifs is 1. The Balaban J connectivity index is 1.48. The molecule has 37 heavy (non-hydrogen) atoms. The molecule has 3 aromatic rings. The fraction of sp³-hybridized carbons (Fsp3) is 0.308. The second-order valence-corrected chi connectivity index (χ2v) is 9.50. The van der Waals surface area contributed by atoms with E-state index in [-0.39, 0.29) is 12.5 Å². The summed E-state index contributed by atoms with van der Waals surface area (Å²) in [4.78, 5) is 31.5.